The minimum Gasteiger partial charge on any atom is -0.481 e. The van der Waals surface area contributed by atoms with Crippen LogP contribution in [0.3, 0.4) is 0 Å². The van der Waals surface area contributed by atoms with E-state index >= 15 is 0 Å². The first-order valence-corrected chi connectivity index (χ1v) is 8.80. The first-order valence-electron chi connectivity index (χ1n) is 8.80. The fraction of sp³-hybridized carbons (Fsp3) is 0.286. The summed E-state index contributed by atoms with van der Waals surface area (Å²) in [5.41, 5.74) is 4.01. The second-order valence-electron chi connectivity index (χ2n) is 7.45. The number of benzene rings is 2. The average molecular weight is 365 g/mol. The molecule has 140 valence electrons. The monoisotopic (exact) mass is 365 g/mol. The molecule has 0 spiro atoms. The van der Waals surface area contributed by atoms with Crippen LogP contribution in [0.5, 0.6) is 5.75 Å². The predicted octanol–water partition coefficient (Wildman–Crippen LogP) is 3.23. The van der Waals surface area contributed by atoms with Gasteiger partial charge in [0.05, 0.1) is 10.9 Å². The molecule has 0 aliphatic carbocycles. The van der Waals surface area contributed by atoms with E-state index in [0.29, 0.717) is 16.7 Å². The van der Waals surface area contributed by atoms with Gasteiger partial charge in [0.25, 0.3) is 11.5 Å². The molecule has 6 heteroatoms. The molecule has 1 amide bonds. The Hall–Kier alpha value is -3.15. The quantitative estimate of drug-likeness (QED) is 0.770. The number of aromatic nitrogens is 2. The summed E-state index contributed by atoms with van der Waals surface area (Å²) >= 11 is 0. The first-order chi connectivity index (χ1) is 12.8. The topological polar surface area (TPSA) is 73.2 Å². The molecule has 2 aromatic carbocycles. The Balaban J connectivity index is 1.71. The Labute approximate surface area is 157 Å². The molecule has 3 aromatic rings. The largest absolute Gasteiger partial charge is 0.481 e. The molecule has 0 bridgehead atoms. The summed E-state index contributed by atoms with van der Waals surface area (Å²) in [5, 5.41) is 0.437. The first kappa shape index (κ1) is 18.6. The van der Waals surface area contributed by atoms with Crippen molar-refractivity contribution in [1.29, 1.82) is 0 Å². The van der Waals surface area contributed by atoms with Crippen molar-refractivity contribution in [3.05, 3.63) is 70.8 Å². The van der Waals surface area contributed by atoms with Gasteiger partial charge in [-0.2, -0.15) is 0 Å². The molecule has 1 unspecified atom stereocenters. The van der Waals surface area contributed by atoms with Crippen LogP contribution in [0.4, 0.5) is 0 Å². The molecule has 0 radical (unpaired) electrons. The van der Waals surface area contributed by atoms with E-state index < -0.39 is 12.0 Å². The summed E-state index contributed by atoms with van der Waals surface area (Å²) in [6.45, 7) is 8.03. The van der Waals surface area contributed by atoms with Crippen LogP contribution >= 0.6 is 0 Å². The summed E-state index contributed by atoms with van der Waals surface area (Å²) < 4.78 is 6.77. The SMILES string of the molecule is CC(Oc1ccc(C(C)(C)C)cc1)C(=O)Nn1cnc2ccccc2c1=O. The second-order valence-corrected chi connectivity index (χ2v) is 7.45. The number of nitrogens with one attached hydrogen (secondary N) is 1. The molecule has 6 nitrogen and oxygen atoms in total. The van der Waals surface area contributed by atoms with E-state index in [0.717, 1.165) is 4.68 Å². The summed E-state index contributed by atoms with van der Waals surface area (Å²) in [7, 11) is 0. The van der Waals surface area contributed by atoms with E-state index in [9.17, 15) is 9.59 Å². The predicted molar refractivity (Wildman–Crippen MR) is 106 cm³/mol. The van der Waals surface area contributed by atoms with Crippen LogP contribution in [0, 0.1) is 0 Å². The van der Waals surface area contributed by atoms with Crippen molar-refractivity contribution in [1.82, 2.24) is 9.66 Å². The Morgan fingerprint density at radius 3 is 2.44 bits per heavy atom. The van der Waals surface area contributed by atoms with Gasteiger partial charge in [0, 0.05) is 0 Å². The zero-order valence-electron chi connectivity index (χ0n) is 15.9. The van der Waals surface area contributed by atoms with Gasteiger partial charge in [-0.1, -0.05) is 45.0 Å². The smallest absolute Gasteiger partial charge is 0.280 e. The second kappa shape index (κ2) is 7.23. The third-order valence-corrected chi connectivity index (χ3v) is 4.30. The molecule has 0 aliphatic rings. The van der Waals surface area contributed by atoms with E-state index in [4.69, 9.17) is 4.74 Å². The van der Waals surface area contributed by atoms with Crippen molar-refractivity contribution < 1.29 is 9.53 Å². The lowest BCUT2D eigenvalue weighted by Gasteiger charge is -2.20. The zero-order valence-corrected chi connectivity index (χ0v) is 15.9. The van der Waals surface area contributed by atoms with E-state index in [2.05, 4.69) is 31.2 Å². The van der Waals surface area contributed by atoms with Crippen molar-refractivity contribution >= 4 is 16.8 Å². The highest BCUT2D eigenvalue weighted by Gasteiger charge is 2.17. The van der Waals surface area contributed by atoms with Gasteiger partial charge in [-0.15, -0.1) is 0 Å². The number of amides is 1. The Morgan fingerprint density at radius 1 is 1.11 bits per heavy atom. The van der Waals surface area contributed by atoms with Crippen LogP contribution in [0.2, 0.25) is 0 Å². The van der Waals surface area contributed by atoms with Crippen molar-refractivity contribution in [2.45, 2.75) is 39.2 Å². The minimum absolute atomic E-state index is 0.0474. The van der Waals surface area contributed by atoms with Crippen LogP contribution in [0.15, 0.2) is 59.7 Å². The molecule has 1 heterocycles. The molecule has 3 rings (SSSR count). The maximum absolute atomic E-state index is 12.4. The van der Waals surface area contributed by atoms with Crippen LogP contribution < -0.4 is 15.7 Å². The summed E-state index contributed by atoms with van der Waals surface area (Å²) in [4.78, 5) is 29.0. The summed E-state index contributed by atoms with van der Waals surface area (Å²) in [5.74, 6) is 0.156. The third-order valence-electron chi connectivity index (χ3n) is 4.30. The van der Waals surface area contributed by atoms with Gasteiger partial charge in [0.2, 0.25) is 0 Å². The number of carbonyl (C=O) groups is 1. The summed E-state index contributed by atoms with van der Waals surface area (Å²) in [6, 6.07) is 14.6. The zero-order chi connectivity index (χ0) is 19.6. The highest BCUT2D eigenvalue weighted by atomic mass is 16.5. The normalized spacial score (nSPS) is 12.6. The molecular formula is C21H23N3O3. The minimum atomic E-state index is -0.774. The Kier molecular flexibility index (Phi) is 4.99. The Bertz CT molecular complexity index is 1020. The molecule has 0 fully saturated rings. The van der Waals surface area contributed by atoms with E-state index in [1.54, 1.807) is 31.2 Å². The number of nitrogens with zero attached hydrogens (tertiary/aromatic N) is 2. The van der Waals surface area contributed by atoms with Crippen molar-refractivity contribution in [3.8, 4) is 5.75 Å². The maximum Gasteiger partial charge on any atom is 0.280 e. The third kappa shape index (κ3) is 4.16. The average Bonchev–Trinajstić information content (AvgIpc) is 2.64. The van der Waals surface area contributed by atoms with Gasteiger partial charge in [-0.05, 0) is 42.2 Å². The Morgan fingerprint density at radius 2 is 1.78 bits per heavy atom. The summed E-state index contributed by atoms with van der Waals surface area (Å²) in [6.07, 6.45) is 0.525. The van der Waals surface area contributed by atoms with E-state index in [1.165, 1.54) is 11.9 Å². The lowest BCUT2D eigenvalue weighted by atomic mass is 9.87. The molecule has 0 aliphatic heterocycles. The number of carbonyl (C=O) groups excluding carboxylic acids is 1. The molecule has 0 saturated carbocycles. The lowest BCUT2D eigenvalue weighted by Crippen LogP contribution is -2.40. The van der Waals surface area contributed by atoms with Crippen LogP contribution in [-0.4, -0.2) is 21.7 Å². The maximum atomic E-state index is 12.4. The standard InChI is InChI=1S/C21H23N3O3/c1-14(27-16-11-9-15(10-12-16)21(2,3)4)19(25)23-24-13-22-18-8-6-5-7-17(18)20(24)26/h5-14H,1-4H3,(H,23,25). The fourth-order valence-electron chi connectivity index (χ4n) is 2.65. The van der Waals surface area contributed by atoms with Crippen LogP contribution in [-0.2, 0) is 10.2 Å². The number of ether oxygens (including phenoxy) is 1. The van der Waals surface area contributed by atoms with Crippen molar-refractivity contribution in [3.63, 3.8) is 0 Å². The molecule has 1 atom stereocenters. The van der Waals surface area contributed by atoms with Gasteiger partial charge in [-0.3, -0.25) is 15.0 Å². The number of para-hydroxylation sites is 1. The number of hydrogen-bond donors (Lipinski definition) is 1. The number of hydrogen-bond acceptors (Lipinski definition) is 4. The highest BCUT2D eigenvalue weighted by Crippen LogP contribution is 2.24. The highest BCUT2D eigenvalue weighted by molar-refractivity contribution is 5.88. The molecule has 0 saturated heterocycles. The van der Waals surface area contributed by atoms with Crippen molar-refractivity contribution in [2.75, 3.05) is 5.43 Å². The number of fused-ring (bicyclic) bond motifs is 1. The van der Waals surface area contributed by atoms with E-state index in [1.807, 2.05) is 24.3 Å². The molecule has 1 N–H and O–H groups in total. The van der Waals surface area contributed by atoms with Crippen molar-refractivity contribution in [2.24, 2.45) is 0 Å². The fourth-order valence-corrected chi connectivity index (χ4v) is 2.65. The lowest BCUT2D eigenvalue weighted by molar-refractivity contribution is -0.123. The van der Waals surface area contributed by atoms with E-state index in [-0.39, 0.29) is 11.0 Å². The molecule has 27 heavy (non-hydrogen) atoms. The van der Waals surface area contributed by atoms with Gasteiger partial charge >= 0.3 is 0 Å². The van der Waals surface area contributed by atoms with Gasteiger partial charge in [0.1, 0.15) is 12.1 Å². The van der Waals surface area contributed by atoms with Crippen LogP contribution in [0.25, 0.3) is 10.9 Å². The van der Waals surface area contributed by atoms with Gasteiger partial charge in [-0.25, -0.2) is 9.66 Å². The molecule has 1 aromatic heterocycles. The van der Waals surface area contributed by atoms with Gasteiger partial charge < -0.3 is 4.74 Å². The number of rotatable bonds is 4. The van der Waals surface area contributed by atoms with Crippen LogP contribution in [0.1, 0.15) is 33.3 Å². The molecular weight excluding hydrogens is 342 g/mol. The van der Waals surface area contributed by atoms with Gasteiger partial charge in [0.15, 0.2) is 6.10 Å².